The van der Waals surface area contributed by atoms with Crippen molar-refractivity contribution in [2.45, 2.75) is 48.2 Å². The van der Waals surface area contributed by atoms with Gasteiger partial charge in [-0.2, -0.15) is 13.2 Å². The number of benzene rings is 2. The second-order valence-corrected chi connectivity index (χ2v) is 12.8. The number of fused-ring (bicyclic) bond motifs is 2. The van der Waals surface area contributed by atoms with E-state index in [9.17, 15) is 32.3 Å². The zero-order chi connectivity index (χ0) is 29.1. The number of rotatable bonds is 4. The fourth-order valence-corrected chi connectivity index (χ4v) is 8.64. The molecule has 0 radical (unpaired) electrons. The van der Waals surface area contributed by atoms with Crippen molar-refractivity contribution < 1.29 is 27.6 Å². The average Bonchev–Trinajstić information content (AvgIpc) is 3.39. The monoisotopic (exact) mass is 621 g/mol. The number of halogens is 4. The number of thiazole rings is 1. The van der Waals surface area contributed by atoms with Gasteiger partial charge in [0.1, 0.15) is 11.8 Å². The molecule has 2 aromatic carbocycles. The number of hydrogen-bond acceptors (Lipinski definition) is 6. The number of aromatic nitrogens is 1. The van der Waals surface area contributed by atoms with E-state index in [1.807, 2.05) is 0 Å². The van der Waals surface area contributed by atoms with E-state index in [0.717, 1.165) is 65.5 Å². The zero-order valence-corrected chi connectivity index (χ0v) is 23.8. The first-order chi connectivity index (χ1) is 19.5. The number of carbonyl (C=O) groups is 3. The van der Waals surface area contributed by atoms with Crippen molar-refractivity contribution >= 4 is 58.1 Å². The predicted octanol–water partition coefficient (Wildman–Crippen LogP) is 5.39. The average molecular weight is 622 g/mol. The summed E-state index contributed by atoms with van der Waals surface area (Å²) in [6, 6.07) is 10.8. The van der Waals surface area contributed by atoms with Crippen molar-refractivity contribution in [2.75, 3.05) is 18.0 Å². The molecule has 0 bridgehead atoms. The van der Waals surface area contributed by atoms with E-state index >= 15 is 0 Å². The predicted molar refractivity (Wildman–Crippen MR) is 149 cm³/mol. The third-order valence-electron chi connectivity index (χ3n) is 7.71. The summed E-state index contributed by atoms with van der Waals surface area (Å²) < 4.78 is 41.7. The van der Waals surface area contributed by atoms with Gasteiger partial charge in [0.15, 0.2) is 0 Å². The number of likely N-dealkylation sites (tertiary alicyclic amines) is 1. The van der Waals surface area contributed by atoms with Gasteiger partial charge < -0.3 is 4.90 Å². The van der Waals surface area contributed by atoms with Crippen LogP contribution in [0.25, 0.3) is 0 Å². The highest BCUT2D eigenvalue weighted by atomic mass is 35.5. The largest absolute Gasteiger partial charge is 0.416 e. The van der Waals surface area contributed by atoms with E-state index in [1.54, 1.807) is 29.2 Å². The van der Waals surface area contributed by atoms with Crippen LogP contribution in [0.1, 0.15) is 41.2 Å². The van der Waals surface area contributed by atoms with Crippen molar-refractivity contribution in [3.8, 4) is 0 Å². The normalized spacial score (nSPS) is 22.6. The summed E-state index contributed by atoms with van der Waals surface area (Å²) in [5.74, 6) is -3.21. The van der Waals surface area contributed by atoms with E-state index < -0.39 is 40.6 Å². The maximum Gasteiger partial charge on any atom is 0.416 e. The summed E-state index contributed by atoms with van der Waals surface area (Å²) in [6.07, 6.45) is -1.84. The van der Waals surface area contributed by atoms with Crippen molar-refractivity contribution in [1.82, 2.24) is 9.47 Å². The van der Waals surface area contributed by atoms with Crippen LogP contribution in [0.3, 0.4) is 0 Å². The van der Waals surface area contributed by atoms with Gasteiger partial charge in [0, 0.05) is 28.9 Å². The minimum atomic E-state index is -4.66. The molecule has 2 fully saturated rings. The fourth-order valence-electron chi connectivity index (χ4n) is 5.74. The second-order valence-electron chi connectivity index (χ2n) is 10.2. The molecule has 3 aliphatic rings. The van der Waals surface area contributed by atoms with E-state index in [1.165, 1.54) is 10.6 Å². The number of imide groups is 1. The van der Waals surface area contributed by atoms with Crippen LogP contribution in [0.15, 0.2) is 58.4 Å². The molecular weight excluding hydrogens is 599 g/mol. The van der Waals surface area contributed by atoms with Gasteiger partial charge in [-0.3, -0.25) is 23.7 Å². The lowest BCUT2D eigenvalue weighted by molar-refractivity contribution is -0.137. The van der Waals surface area contributed by atoms with Gasteiger partial charge in [0.05, 0.1) is 22.2 Å². The Hall–Kier alpha value is -3.09. The van der Waals surface area contributed by atoms with Crippen LogP contribution in [-0.2, 0) is 27.1 Å². The topological polar surface area (TPSA) is 79.7 Å². The lowest BCUT2D eigenvalue weighted by atomic mass is 9.83. The Morgan fingerprint density at radius 1 is 0.976 bits per heavy atom. The van der Waals surface area contributed by atoms with Gasteiger partial charge in [-0.05, 0) is 55.2 Å². The van der Waals surface area contributed by atoms with Crippen LogP contribution in [0.4, 0.5) is 18.9 Å². The molecule has 1 aromatic heterocycles. The van der Waals surface area contributed by atoms with Gasteiger partial charge in [-0.1, -0.05) is 52.9 Å². The number of nitrogens with zero attached hydrogens (tertiary/aromatic N) is 3. The first-order valence-corrected chi connectivity index (χ1v) is 15.1. The molecule has 4 heterocycles. The highest BCUT2D eigenvalue weighted by molar-refractivity contribution is 8.00. The summed E-state index contributed by atoms with van der Waals surface area (Å²) >= 11 is 8.06. The number of anilines is 1. The smallest absolute Gasteiger partial charge is 0.341 e. The first kappa shape index (κ1) is 28.0. The SMILES string of the molecule is O=C(Cn1c2c(sc1=O)[C@H](c1ccc(Cl)cc1)C1C(=O)N(c3cccc(C(F)(F)F)c3)C(=O)C1S2)N1CCCCC1. The van der Waals surface area contributed by atoms with Crippen LogP contribution in [-0.4, -0.2) is 45.5 Å². The molecule has 3 amide bonds. The van der Waals surface area contributed by atoms with Gasteiger partial charge in [-0.25, -0.2) is 4.90 Å². The third kappa shape index (κ3) is 4.99. The summed E-state index contributed by atoms with van der Waals surface area (Å²) in [5.41, 5.74) is -0.508. The Balaban J connectivity index is 1.43. The molecule has 3 aromatic rings. The second kappa shape index (κ2) is 10.6. The number of thioether (sulfide) groups is 1. The van der Waals surface area contributed by atoms with Crippen LogP contribution >= 0.6 is 34.7 Å². The minimum Gasteiger partial charge on any atom is -0.341 e. The number of hydrogen-bond donors (Lipinski definition) is 0. The lowest BCUT2D eigenvalue weighted by Gasteiger charge is -2.31. The summed E-state index contributed by atoms with van der Waals surface area (Å²) in [4.78, 5) is 56.7. The van der Waals surface area contributed by atoms with Crippen molar-refractivity contribution in [3.63, 3.8) is 0 Å². The summed E-state index contributed by atoms with van der Waals surface area (Å²) in [6.45, 7) is 1.04. The molecule has 7 nitrogen and oxygen atoms in total. The molecule has 214 valence electrons. The highest BCUT2D eigenvalue weighted by Gasteiger charge is 2.57. The fraction of sp³-hybridized carbons (Fsp3) is 0.357. The molecule has 0 N–H and O–H groups in total. The third-order valence-corrected chi connectivity index (χ3v) is 10.6. The first-order valence-electron chi connectivity index (χ1n) is 13.0. The summed E-state index contributed by atoms with van der Waals surface area (Å²) in [7, 11) is 0. The maximum atomic E-state index is 13.9. The molecule has 41 heavy (non-hydrogen) atoms. The van der Waals surface area contributed by atoms with Crippen LogP contribution in [0.2, 0.25) is 5.02 Å². The molecule has 2 saturated heterocycles. The van der Waals surface area contributed by atoms with Gasteiger partial charge in [-0.15, -0.1) is 0 Å². The van der Waals surface area contributed by atoms with Crippen LogP contribution in [0, 0.1) is 5.92 Å². The lowest BCUT2D eigenvalue weighted by Crippen LogP contribution is -2.39. The Morgan fingerprint density at radius 2 is 1.68 bits per heavy atom. The Kier molecular flexibility index (Phi) is 7.27. The molecule has 0 aliphatic carbocycles. The quantitative estimate of drug-likeness (QED) is 0.365. The number of alkyl halides is 3. The van der Waals surface area contributed by atoms with Crippen molar-refractivity contribution in [2.24, 2.45) is 5.92 Å². The molecule has 3 atom stereocenters. The van der Waals surface area contributed by atoms with Crippen molar-refractivity contribution in [3.05, 3.63) is 79.2 Å². The van der Waals surface area contributed by atoms with E-state index in [-0.39, 0.29) is 23.0 Å². The Labute approximate surface area is 245 Å². The molecule has 0 spiro atoms. The van der Waals surface area contributed by atoms with E-state index in [0.29, 0.717) is 33.6 Å². The van der Waals surface area contributed by atoms with Crippen LogP contribution in [0.5, 0.6) is 0 Å². The zero-order valence-electron chi connectivity index (χ0n) is 21.4. The number of piperidine rings is 1. The Morgan fingerprint density at radius 3 is 2.37 bits per heavy atom. The van der Waals surface area contributed by atoms with Crippen molar-refractivity contribution in [1.29, 1.82) is 0 Å². The highest BCUT2D eigenvalue weighted by Crippen LogP contribution is 2.54. The molecule has 6 rings (SSSR count). The summed E-state index contributed by atoms with van der Waals surface area (Å²) in [5, 5.41) is -0.123. The molecule has 2 unspecified atom stereocenters. The van der Waals surface area contributed by atoms with Gasteiger partial charge in [0.25, 0.3) is 0 Å². The van der Waals surface area contributed by atoms with E-state index in [4.69, 9.17) is 11.6 Å². The number of amides is 3. The Bertz CT molecular complexity index is 1600. The maximum absolute atomic E-state index is 13.9. The van der Waals surface area contributed by atoms with Crippen LogP contribution < -0.4 is 9.77 Å². The van der Waals surface area contributed by atoms with Gasteiger partial charge >= 0.3 is 11.0 Å². The van der Waals surface area contributed by atoms with E-state index in [2.05, 4.69) is 0 Å². The van der Waals surface area contributed by atoms with Gasteiger partial charge in [0.2, 0.25) is 17.7 Å². The minimum absolute atomic E-state index is 0.166. The standard InChI is InChI=1S/C28H23ClF3N3O4S2/c29-17-9-7-15(8-10-17)20-21-22(25(38)35(24(21)37)18-6-4-5-16(13-18)28(30,31)32)40-26-23(20)41-27(39)34(26)14-19(36)33-11-2-1-3-12-33/h4-10,13,20-22H,1-3,11-12,14H2/t20-,21?,22?/m1/s1. The molecule has 13 heteroatoms. The molecule has 0 saturated carbocycles. The number of carbonyl (C=O) groups excluding carboxylic acids is 3. The molecular formula is C28H23ClF3N3O4S2. The molecule has 3 aliphatic heterocycles.